The maximum atomic E-state index is 14.0. The fourth-order valence-corrected chi connectivity index (χ4v) is 16.6. The molecule has 6 aliphatic heterocycles. The third-order valence-corrected chi connectivity index (χ3v) is 23.7. The Morgan fingerprint density at radius 3 is 1.26 bits per heavy atom. The van der Waals surface area contributed by atoms with Crippen LogP contribution in [0.1, 0.15) is 207 Å². The van der Waals surface area contributed by atoms with Crippen molar-refractivity contribution >= 4 is 35.6 Å². The normalized spacial score (nSPS) is 35.3. The molecule has 44 nitrogen and oxygen atoms in total. The van der Waals surface area contributed by atoms with Crippen molar-refractivity contribution in [2.75, 3.05) is 52.9 Å². The molecule has 6 rings (SSSR count). The van der Waals surface area contributed by atoms with Crippen molar-refractivity contribution in [3.63, 3.8) is 0 Å². The van der Waals surface area contributed by atoms with Gasteiger partial charge in [-0.3, -0.25) is 19.2 Å². The minimum Gasteiger partial charge on any atom is -0.477 e. The van der Waals surface area contributed by atoms with Crippen LogP contribution in [0.2, 0.25) is 0 Å². The first kappa shape index (κ1) is 110. The van der Waals surface area contributed by atoms with Gasteiger partial charge in [-0.2, -0.15) is 0 Å². The molecule has 0 saturated carbocycles. The smallest absolute Gasteiger partial charge is 0.364 e. The highest BCUT2D eigenvalue weighted by Gasteiger charge is 2.64. The molecular formula is C82H144N4O40. The summed E-state index contributed by atoms with van der Waals surface area (Å²) in [6.07, 6.45) is -35.8. The van der Waals surface area contributed by atoms with E-state index in [1.54, 1.807) is 6.08 Å². The van der Waals surface area contributed by atoms with Crippen LogP contribution in [0.3, 0.4) is 0 Å². The van der Waals surface area contributed by atoms with Crippen molar-refractivity contribution in [3.05, 3.63) is 12.2 Å². The Labute approximate surface area is 732 Å². The van der Waals surface area contributed by atoms with Crippen molar-refractivity contribution < 1.29 is 198 Å². The van der Waals surface area contributed by atoms with Crippen LogP contribution < -0.4 is 21.3 Å². The molecule has 6 saturated heterocycles. The lowest BCUT2D eigenvalue weighted by Crippen LogP contribution is -2.72. The molecule has 44 heteroatoms. The highest BCUT2D eigenvalue weighted by Crippen LogP contribution is 2.43. The molecular weight excluding hydrogens is 1680 g/mol. The van der Waals surface area contributed by atoms with Gasteiger partial charge < -0.3 is 190 Å². The Bertz CT molecular complexity index is 3180. The first-order valence-electron chi connectivity index (χ1n) is 44.4. The Kier molecular flexibility index (Phi) is 48.6. The zero-order valence-corrected chi connectivity index (χ0v) is 72.3. The Morgan fingerprint density at radius 1 is 0.421 bits per heavy atom. The second-order valence-electron chi connectivity index (χ2n) is 33.6. The first-order chi connectivity index (χ1) is 60.1. The van der Waals surface area contributed by atoms with Crippen LogP contribution in [0, 0.1) is 0 Å². The van der Waals surface area contributed by atoms with E-state index >= 15 is 0 Å². The topological polar surface area (TPSA) is 706 Å². The molecule has 0 aromatic heterocycles. The van der Waals surface area contributed by atoms with E-state index in [1.807, 2.05) is 0 Å². The predicted molar refractivity (Wildman–Crippen MR) is 432 cm³/mol. The summed E-state index contributed by atoms with van der Waals surface area (Å²) in [6, 6.07) is -7.13. The Morgan fingerprint density at radius 2 is 0.810 bits per heavy atom. The van der Waals surface area contributed by atoms with E-state index in [9.17, 15) is 141 Å². The van der Waals surface area contributed by atoms with Gasteiger partial charge in [0, 0.05) is 33.1 Å². The number of hydrogen-bond acceptors (Lipinski definition) is 38. The van der Waals surface area contributed by atoms with E-state index in [-0.39, 0.29) is 6.42 Å². The molecule has 0 aromatic carbocycles. The standard InChI is InChI=1S/C82H144N4O40/c1-5-7-9-11-13-15-17-19-21-23-25-27-29-31-46(96)45(85-55(101)32-30-28-26-24-22-20-18-16-14-12-10-8-6-2)42-115-76-65(108)64(107)68(53(39-91)118-76)120-78-67(110)74(126-82(80(113)114)33-47(97)57(83-43(3)94)71(123-82)60(103)49(99)35-87)69(54(40-92)119-78)121-75-59(84-44(4)95)70(62(105)51(37-89)116-75)122-77-66(109)73(63(106)52(38-90)117-77)125-81(79(111)112)34-48(98)58(86-56(102)41-93)72(124-81)61(104)50(100)36-88/h29,31,45-54,57-78,87-93,96-100,103-110H,5-28,30,32-42H2,1-4H3,(H,83,94)(H,84,95)(H,85,101)(H,86,102)(H,111,112)(H,113,114)/b31-29+/t45-,46+,47?,48?,49+,50+,51?,52?,53?,54?,57+,58+,59?,60+,61+,62-,63-,64+,65?,66?,67?,68+,69-,70+,71?,72?,73-,74+,75-,76+,77-,78-,81-,82-/m0/s1. The maximum Gasteiger partial charge on any atom is 0.364 e. The third kappa shape index (κ3) is 31.5. The summed E-state index contributed by atoms with van der Waals surface area (Å²) in [5, 5.41) is 256. The number of allylic oxidation sites excluding steroid dienone is 1. The number of amides is 4. The van der Waals surface area contributed by atoms with Crippen LogP contribution in [0.15, 0.2) is 12.2 Å². The summed E-state index contributed by atoms with van der Waals surface area (Å²) < 4.78 is 72.2. The molecule has 0 radical (unpaired) electrons. The molecule has 732 valence electrons. The summed E-state index contributed by atoms with van der Waals surface area (Å²) in [4.78, 5) is 79.7. The molecule has 4 amide bonds. The number of unbranched alkanes of at least 4 members (excludes halogenated alkanes) is 23. The van der Waals surface area contributed by atoms with E-state index in [2.05, 4.69) is 35.1 Å². The van der Waals surface area contributed by atoms with Crippen molar-refractivity contribution in [2.24, 2.45) is 0 Å². The number of nitrogens with one attached hydrogen (secondary N) is 4. The lowest BCUT2D eigenvalue weighted by atomic mass is 9.88. The maximum absolute atomic E-state index is 14.0. The number of carbonyl (C=O) groups excluding carboxylic acids is 4. The van der Waals surface area contributed by atoms with Crippen molar-refractivity contribution in [3.8, 4) is 0 Å². The summed E-state index contributed by atoms with van der Waals surface area (Å²) in [6.45, 7) is -3.19. The second kappa shape index (κ2) is 55.7. The van der Waals surface area contributed by atoms with E-state index in [0.29, 0.717) is 12.8 Å². The largest absolute Gasteiger partial charge is 0.477 e. The van der Waals surface area contributed by atoms with E-state index in [0.717, 1.165) is 78.1 Å². The molecule has 34 atom stereocenters. The zero-order chi connectivity index (χ0) is 93.1. The minimum atomic E-state index is -3.51. The van der Waals surface area contributed by atoms with Crippen molar-refractivity contribution in [1.82, 2.24) is 21.3 Å². The summed E-state index contributed by atoms with van der Waals surface area (Å²) in [7, 11) is 0. The second-order valence-corrected chi connectivity index (χ2v) is 33.6. The van der Waals surface area contributed by atoms with Crippen LogP contribution in [0.4, 0.5) is 0 Å². The zero-order valence-electron chi connectivity index (χ0n) is 72.3. The molecule has 12 unspecified atom stereocenters. The number of carboxylic acids is 2. The van der Waals surface area contributed by atoms with Gasteiger partial charge in [-0.1, -0.05) is 167 Å². The highest BCUT2D eigenvalue weighted by molar-refractivity contribution is 5.79. The van der Waals surface area contributed by atoms with E-state index in [4.69, 9.17) is 56.8 Å². The number of carbonyl (C=O) groups is 6. The van der Waals surface area contributed by atoms with Crippen LogP contribution in [0.5, 0.6) is 0 Å². The predicted octanol–water partition coefficient (Wildman–Crippen LogP) is -5.68. The third-order valence-electron chi connectivity index (χ3n) is 23.7. The quantitative estimate of drug-likeness (QED) is 0.0199. The number of hydrogen-bond donors (Lipinski definition) is 26. The molecule has 6 aliphatic rings. The number of aliphatic hydroxyl groups excluding tert-OH is 20. The van der Waals surface area contributed by atoms with Gasteiger partial charge in [0.25, 0.3) is 11.6 Å². The SMILES string of the molecule is CCCCCCCCCCCCC/C=C/[C@@H](O)[C@H](CO[C@@H]1OC(CO)[C@@H](O[C@@H]2OC(CO)[C@H](O[C@@H]3OC(CO)[C@H](O)[C@H](O[C@@H]4OC(CO)[C@H](O)[C@H](O[C@]5(C(=O)O)CC(O)[C@@H](NC(=O)CO)C([C@H](O)[C@H](O)CO)O5)C4O)C3NC(C)=O)[C@H](O[C@]3(C(=O)O)CC(O)[C@@H](NC(C)=O)C([C@H](O)[C@H](O)CO)O3)C2O)[C@H](O)C1O)NC(=O)CCCCCCCCCCCCCCC. The molecule has 0 bridgehead atoms. The number of ether oxygens (including phenoxy) is 12. The van der Waals surface area contributed by atoms with E-state index in [1.165, 1.54) is 89.5 Å². The van der Waals surface area contributed by atoms with Gasteiger partial charge in [0.15, 0.2) is 25.2 Å². The number of rotatable bonds is 58. The molecule has 6 fully saturated rings. The fraction of sp³-hybridized carbons (Fsp3) is 0.902. The van der Waals surface area contributed by atoms with Gasteiger partial charge in [0.05, 0.1) is 82.7 Å². The number of carboxylic acid groups (broad SMARTS) is 2. The lowest BCUT2D eigenvalue weighted by Gasteiger charge is -2.53. The summed E-state index contributed by atoms with van der Waals surface area (Å²) in [5.41, 5.74) is 0. The first-order valence-corrected chi connectivity index (χ1v) is 44.4. The van der Waals surface area contributed by atoms with Gasteiger partial charge in [0.2, 0.25) is 23.6 Å². The van der Waals surface area contributed by atoms with E-state index < -0.39 is 309 Å². The van der Waals surface area contributed by atoms with Crippen LogP contribution in [-0.4, -0.2) is 408 Å². The van der Waals surface area contributed by atoms with Gasteiger partial charge >= 0.3 is 11.9 Å². The van der Waals surface area contributed by atoms with Gasteiger partial charge in [-0.25, -0.2) is 9.59 Å². The summed E-state index contributed by atoms with van der Waals surface area (Å²) in [5.74, 6) is -15.0. The molecule has 26 N–H and O–H groups in total. The minimum absolute atomic E-state index is 0.0908. The van der Waals surface area contributed by atoms with Crippen LogP contribution in [-0.2, 0) is 85.6 Å². The summed E-state index contributed by atoms with van der Waals surface area (Å²) >= 11 is 0. The molecule has 0 aliphatic carbocycles. The van der Waals surface area contributed by atoms with Crippen molar-refractivity contribution in [1.29, 1.82) is 0 Å². The average Bonchev–Trinajstić information content (AvgIpc) is 0.748. The van der Waals surface area contributed by atoms with Gasteiger partial charge in [-0.05, 0) is 19.3 Å². The van der Waals surface area contributed by atoms with Gasteiger partial charge in [0.1, 0.15) is 141 Å². The Hall–Kier alpha value is -4.72. The van der Waals surface area contributed by atoms with Crippen molar-refractivity contribution in [2.45, 2.75) is 415 Å². The average molecular weight is 1830 g/mol. The van der Waals surface area contributed by atoms with Gasteiger partial charge in [-0.15, -0.1) is 0 Å². The number of aliphatic hydroxyl groups is 20. The highest BCUT2D eigenvalue weighted by atomic mass is 16.8. The van der Waals surface area contributed by atoms with Crippen LogP contribution >= 0.6 is 0 Å². The molecule has 0 spiro atoms. The Balaban J connectivity index is 1.32. The molecule has 0 aromatic rings. The number of aliphatic carboxylic acids is 2. The van der Waals surface area contributed by atoms with Crippen LogP contribution in [0.25, 0.3) is 0 Å². The molecule has 126 heavy (non-hydrogen) atoms. The molecule has 6 heterocycles. The lowest BCUT2D eigenvalue weighted by molar-refractivity contribution is -0.405. The monoisotopic (exact) mass is 1820 g/mol. The fourth-order valence-electron chi connectivity index (χ4n) is 16.6.